The molecule has 0 bridgehead atoms. The van der Waals surface area contributed by atoms with Crippen molar-refractivity contribution in [3.05, 3.63) is 5.21 Å². The summed E-state index contributed by atoms with van der Waals surface area (Å²) in [4.78, 5) is 1.66. The van der Waals surface area contributed by atoms with E-state index >= 15 is 0 Å². The predicted octanol–water partition coefficient (Wildman–Crippen LogP) is -0.627. The Morgan fingerprint density at radius 3 is 2.81 bits per heavy atom. The van der Waals surface area contributed by atoms with Gasteiger partial charge in [-0.1, -0.05) is 12.0 Å². The van der Waals surface area contributed by atoms with Crippen LogP contribution in [0, 0.1) is 5.21 Å². The molecule has 2 rings (SSSR count). The van der Waals surface area contributed by atoms with Gasteiger partial charge in [0.1, 0.15) is 12.7 Å². The molecule has 21 heavy (non-hydrogen) atoms. The van der Waals surface area contributed by atoms with E-state index in [4.69, 9.17) is 4.74 Å². The van der Waals surface area contributed by atoms with E-state index in [2.05, 4.69) is 10.2 Å². The van der Waals surface area contributed by atoms with Gasteiger partial charge in [0, 0.05) is 7.11 Å². The summed E-state index contributed by atoms with van der Waals surface area (Å²) in [6.07, 6.45) is -1.31. The predicted molar refractivity (Wildman–Crippen MR) is 77.1 cm³/mol. The molecule has 3 unspecified atom stereocenters. The summed E-state index contributed by atoms with van der Waals surface area (Å²) in [6, 6.07) is -0.484. The average Bonchev–Trinajstić information content (AvgIpc) is 3.01. The topological polar surface area (TPSA) is 116 Å². The molecular weight excluding hydrogens is 320 g/mol. The summed E-state index contributed by atoms with van der Waals surface area (Å²) in [6.45, 7) is 1.64. The third-order valence-corrected chi connectivity index (χ3v) is 6.69. The Bertz CT molecular complexity index is 606. The fourth-order valence-electron chi connectivity index (χ4n) is 2.19. The lowest BCUT2D eigenvalue weighted by Crippen LogP contribution is -2.51. The van der Waals surface area contributed by atoms with Crippen LogP contribution in [-0.2, 0) is 14.6 Å². The quantitative estimate of drug-likeness (QED) is 0.557. The summed E-state index contributed by atoms with van der Waals surface area (Å²) >= 11 is 0.708. The fraction of sp³-hybridized carbons (Fsp3) is 0.800. The number of likely N-dealkylation sites (N-methyl/N-ethyl adjacent to an activating group) is 1. The van der Waals surface area contributed by atoms with Crippen LogP contribution in [0.5, 0.6) is 0 Å². The molecule has 11 heteroatoms. The van der Waals surface area contributed by atoms with Crippen molar-refractivity contribution < 1.29 is 18.3 Å². The second-order valence-corrected chi connectivity index (χ2v) is 8.29. The molecule has 120 valence electrons. The highest BCUT2D eigenvalue weighted by molar-refractivity contribution is 7.93. The Morgan fingerprint density at radius 2 is 2.24 bits per heavy atom. The Morgan fingerprint density at radius 1 is 1.57 bits per heavy atom. The van der Waals surface area contributed by atoms with Crippen LogP contribution in [0.25, 0.3) is 0 Å². The zero-order chi connectivity index (χ0) is 15.8. The number of aliphatic hydroxyl groups is 1. The van der Waals surface area contributed by atoms with Crippen molar-refractivity contribution in [1.29, 1.82) is 0 Å². The van der Waals surface area contributed by atoms with Crippen molar-refractivity contribution in [1.82, 2.24) is 19.7 Å². The van der Waals surface area contributed by atoms with Gasteiger partial charge in [-0.05, 0) is 18.4 Å². The maximum atomic E-state index is 12.9. The SMILES string of the molecule is CCS(=O)(=O)c1nnc([N+]2([O-])CN(C)C(COC)C2O)s1. The van der Waals surface area contributed by atoms with Crippen LogP contribution in [0.2, 0.25) is 0 Å². The molecule has 0 aliphatic carbocycles. The van der Waals surface area contributed by atoms with Gasteiger partial charge in [-0.2, -0.15) is 0 Å². The number of quaternary nitrogens is 1. The number of methoxy groups -OCH3 is 1. The van der Waals surface area contributed by atoms with E-state index in [-0.39, 0.29) is 28.5 Å². The number of hydroxylamine groups is 2. The van der Waals surface area contributed by atoms with E-state index in [1.54, 1.807) is 11.9 Å². The van der Waals surface area contributed by atoms with E-state index in [0.717, 1.165) is 0 Å². The highest BCUT2D eigenvalue weighted by Gasteiger charge is 2.49. The summed E-state index contributed by atoms with van der Waals surface area (Å²) in [7, 11) is -0.341. The largest absolute Gasteiger partial charge is 0.623 e. The summed E-state index contributed by atoms with van der Waals surface area (Å²) in [5, 5.41) is 30.3. The highest BCUT2D eigenvalue weighted by Crippen LogP contribution is 2.36. The third-order valence-electron chi connectivity index (χ3n) is 3.47. The fourth-order valence-corrected chi connectivity index (χ4v) is 4.32. The molecule has 1 fully saturated rings. The van der Waals surface area contributed by atoms with Gasteiger partial charge in [0.05, 0.1) is 12.4 Å². The van der Waals surface area contributed by atoms with Crippen molar-refractivity contribution in [3.8, 4) is 0 Å². The molecule has 1 aromatic rings. The first kappa shape index (κ1) is 16.7. The maximum absolute atomic E-state index is 12.9. The van der Waals surface area contributed by atoms with Crippen molar-refractivity contribution in [2.45, 2.75) is 23.5 Å². The molecule has 1 aromatic heterocycles. The van der Waals surface area contributed by atoms with Gasteiger partial charge in [0.2, 0.25) is 20.4 Å². The maximum Gasteiger partial charge on any atom is 0.310 e. The summed E-state index contributed by atoms with van der Waals surface area (Å²) < 4.78 is 27.2. The van der Waals surface area contributed by atoms with Gasteiger partial charge >= 0.3 is 5.13 Å². The average molecular weight is 338 g/mol. The first-order valence-corrected chi connectivity index (χ1v) is 8.76. The first-order valence-electron chi connectivity index (χ1n) is 6.29. The molecule has 0 spiro atoms. The van der Waals surface area contributed by atoms with Crippen LogP contribution in [-0.4, -0.2) is 74.1 Å². The molecule has 1 aliphatic rings. The number of sulfone groups is 1. The van der Waals surface area contributed by atoms with Crippen LogP contribution in [0.3, 0.4) is 0 Å². The smallest absolute Gasteiger partial charge is 0.310 e. The van der Waals surface area contributed by atoms with Crippen molar-refractivity contribution in [3.63, 3.8) is 0 Å². The van der Waals surface area contributed by atoms with Crippen LogP contribution < -0.4 is 4.65 Å². The Labute approximate surface area is 126 Å². The summed E-state index contributed by atoms with van der Waals surface area (Å²) in [5.41, 5.74) is 0. The third kappa shape index (κ3) is 2.82. The van der Waals surface area contributed by atoms with Crippen LogP contribution in [0.1, 0.15) is 6.92 Å². The van der Waals surface area contributed by atoms with Crippen LogP contribution in [0.4, 0.5) is 5.13 Å². The van der Waals surface area contributed by atoms with Gasteiger partial charge < -0.3 is 15.1 Å². The molecule has 3 atom stereocenters. The number of nitrogens with zero attached hydrogens (tertiary/aromatic N) is 4. The molecule has 1 N–H and O–H groups in total. The standard InChI is InChI=1S/C10H18N4O5S2/c1-4-21(17,18)10-12-11-9(20-10)14(16)6-13(2)7(5-19-3)8(14)15/h7-8,15H,4-6H2,1-3H3. The molecule has 1 aliphatic heterocycles. The molecule has 0 radical (unpaired) electrons. The Balaban J connectivity index is 2.34. The van der Waals surface area contributed by atoms with Gasteiger partial charge in [0.15, 0.2) is 0 Å². The molecule has 9 nitrogen and oxygen atoms in total. The lowest BCUT2D eigenvalue weighted by Gasteiger charge is -2.37. The minimum Gasteiger partial charge on any atom is -0.623 e. The van der Waals surface area contributed by atoms with E-state index in [1.165, 1.54) is 14.0 Å². The van der Waals surface area contributed by atoms with Crippen LogP contribution in [0.15, 0.2) is 4.34 Å². The van der Waals surface area contributed by atoms with E-state index < -0.39 is 26.8 Å². The van der Waals surface area contributed by atoms with E-state index in [1.807, 2.05) is 0 Å². The second-order valence-electron chi connectivity index (χ2n) is 4.88. The van der Waals surface area contributed by atoms with Crippen molar-refractivity contribution >= 4 is 26.3 Å². The minimum absolute atomic E-state index is 0.0456. The van der Waals surface area contributed by atoms with Gasteiger partial charge in [-0.3, -0.25) is 4.65 Å². The monoisotopic (exact) mass is 338 g/mol. The molecule has 1 saturated heterocycles. The minimum atomic E-state index is -3.51. The van der Waals surface area contributed by atoms with Crippen molar-refractivity contribution in [2.75, 3.05) is 33.2 Å². The lowest BCUT2D eigenvalue weighted by atomic mass is 10.3. The highest BCUT2D eigenvalue weighted by atomic mass is 32.2. The molecule has 0 saturated carbocycles. The number of hydrogen-bond acceptors (Lipinski definition) is 9. The number of aromatic nitrogens is 2. The summed E-state index contributed by atoms with van der Waals surface area (Å²) in [5.74, 6) is -0.116. The molecule has 2 heterocycles. The second kappa shape index (κ2) is 5.83. The number of hydrogen-bond donors (Lipinski definition) is 1. The number of ether oxygens (including phenoxy) is 1. The van der Waals surface area contributed by atoms with Gasteiger partial charge in [-0.15, -0.1) is 5.10 Å². The molecular formula is C10H18N4O5S2. The Kier molecular flexibility index (Phi) is 4.63. The Hall–Kier alpha value is -0.690. The first-order chi connectivity index (χ1) is 9.76. The van der Waals surface area contributed by atoms with Gasteiger partial charge in [-0.25, -0.2) is 13.3 Å². The zero-order valence-electron chi connectivity index (χ0n) is 12.0. The number of rotatable bonds is 5. The van der Waals surface area contributed by atoms with Gasteiger partial charge in [0.25, 0.3) is 0 Å². The lowest BCUT2D eigenvalue weighted by molar-refractivity contribution is 0.0228. The van der Waals surface area contributed by atoms with E-state index in [0.29, 0.717) is 11.3 Å². The van der Waals surface area contributed by atoms with E-state index in [9.17, 15) is 18.7 Å². The van der Waals surface area contributed by atoms with Crippen LogP contribution >= 0.6 is 11.3 Å². The number of aliphatic hydroxyl groups excluding tert-OH is 1. The molecule has 0 aromatic carbocycles. The van der Waals surface area contributed by atoms with Crippen molar-refractivity contribution in [2.24, 2.45) is 0 Å². The normalized spacial score (nSPS) is 30.9. The molecule has 0 amide bonds. The zero-order valence-corrected chi connectivity index (χ0v) is 13.6.